The normalized spacial score (nSPS) is 19.8. The lowest BCUT2D eigenvalue weighted by Gasteiger charge is -2.27. The second kappa shape index (κ2) is 8.10. The largest absolute Gasteiger partial charge is 0.493 e. The van der Waals surface area contributed by atoms with E-state index >= 15 is 0 Å². The first-order chi connectivity index (χ1) is 14.0. The number of morpholine rings is 1. The number of sulfonamides is 1. The monoisotopic (exact) mass is 420 g/mol. The summed E-state index contributed by atoms with van der Waals surface area (Å²) in [5.74, 6) is -0.645. The summed E-state index contributed by atoms with van der Waals surface area (Å²) >= 11 is 0. The molecule has 1 N–H and O–H groups in total. The maximum absolute atomic E-state index is 14.4. The summed E-state index contributed by atoms with van der Waals surface area (Å²) in [6.45, 7) is 1.27. The highest BCUT2D eigenvalue weighted by Crippen LogP contribution is 2.32. The molecule has 154 valence electrons. The van der Waals surface area contributed by atoms with Crippen LogP contribution >= 0.6 is 0 Å². The van der Waals surface area contributed by atoms with Crippen molar-refractivity contribution >= 4 is 15.9 Å². The molecule has 29 heavy (non-hydrogen) atoms. The molecule has 1 atom stereocenters. The Kier molecular flexibility index (Phi) is 5.53. The standard InChI is InChI=1S/C20H21FN2O5S/c21-16-6-5-14(13-19(16)29(25,26)23-8-11-27-12-9-23)20(24)22-17-7-10-28-18-4-2-1-3-15(17)18/h1-6,13,17H,7-12H2,(H,22,24). The van der Waals surface area contributed by atoms with Crippen LogP contribution in [-0.2, 0) is 14.8 Å². The van der Waals surface area contributed by atoms with Crippen LogP contribution in [0.5, 0.6) is 5.75 Å². The topological polar surface area (TPSA) is 84.9 Å². The van der Waals surface area contributed by atoms with Crippen LogP contribution in [0.3, 0.4) is 0 Å². The third-order valence-corrected chi connectivity index (χ3v) is 6.96. The van der Waals surface area contributed by atoms with Gasteiger partial charge in [0.15, 0.2) is 0 Å². The van der Waals surface area contributed by atoms with E-state index in [1.807, 2.05) is 24.3 Å². The number of carbonyl (C=O) groups excluding carboxylic acids is 1. The minimum absolute atomic E-state index is 0.0854. The third-order valence-electron chi connectivity index (χ3n) is 5.05. The van der Waals surface area contributed by atoms with Crippen LogP contribution in [0.2, 0.25) is 0 Å². The molecule has 1 fully saturated rings. The first-order valence-electron chi connectivity index (χ1n) is 9.37. The summed E-state index contributed by atoms with van der Waals surface area (Å²) in [4.78, 5) is 12.3. The highest BCUT2D eigenvalue weighted by atomic mass is 32.2. The molecule has 2 aromatic rings. The molecule has 1 saturated heterocycles. The number of benzene rings is 2. The lowest BCUT2D eigenvalue weighted by molar-refractivity contribution is 0.0729. The van der Waals surface area contributed by atoms with E-state index in [0.717, 1.165) is 17.7 Å². The lowest BCUT2D eigenvalue weighted by Crippen LogP contribution is -2.41. The zero-order chi connectivity index (χ0) is 20.4. The van der Waals surface area contributed by atoms with E-state index < -0.39 is 26.6 Å². The summed E-state index contributed by atoms with van der Waals surface area (Å²) in [7, 11) is -4.05. The molecule has 0 aromatic heterocycles. The van der Waals surface area contributed by atoms with Gasteiger partial charge in [0.25, 0.3) is 5.91 Å². The summed E-state index contributed by atoms with van der Waals surface area (Å²) in [5.41, 5.74) is 0.942. The molecule has 0 spiro atoms. The summed E-state index contributed by atoms with van der Waals surface area (Å²) < 4.78 is 51.9. The van der Waals surface area contributed by atoms with Gasteiger partial charge in [0, 0.05) is 30.6 Å². The van der Waals surface area contributed by atoms with E-state index in [-0.39, 0.29) is 37.9 Å². The van der Waals surface area contributed by atoms with E-state index in [9.17, 15) is 17.6 Å². The Labute approximate surface area is 168 Å². The van der Waals surface area contributed by atoms with Crippen LogP contribution in [0.15, 0.2) is 47.4 Å². The number of rotatable bonds is 4. The van der Waals surface area contributed by atoms with E-state index in [1.54, 1.807) is 0 Å². The number of amides is 1. The van der Waals surface area contributed by atoms with Crippen molar-refractivity contribution in [3.63, 3.8) is 0 Å². The maximum atomic E-state index is 14.4. The van der Waals surface area contributed by atoms with Crippen molar-refractivity contribution < 1.29 is 27.1 Å². The van der Waals surface area contributed by atoms with E-state index in [2.05, 4.69) is 5.32 Å². The molecule has 2 aromatic carbocycles. The van der Waals surface area contributed by atoms with Gasteiger partial charge in [0.1, 0.15) is 16.5 Å². The molecule has 0 aliphatic carbocycles. The Morgan fingerprint density at radius 3 is 2.66 bits per heavy atom. The van der Waals surface area contributed by atoms with Crippen molar-refractivity contribution in [2.45, 2.75) is 17.4 Å². The second-order valence-electron chi connectivity index (χ2n) is 6.86. The molecule has 2 aliphatic heterocycles. The zero-order valence-electron chi connectivity index (χ0n) is 15.6. The molecule has 0 radical (unpaired) electrons. The van der Waals surface area contributed by atoms with Gasteiger partial charge in [-0.3, -0.25) is 4.79 Å². The van der Waals surface area contributed by atoms with Crippen molar-refractivity contribution in [1.82, 2.24) is 9.62 Å². The molecule has 1 unspecified atom stereocenters. The van der Waals surface area contributed by atoms with Crippen LogP contribution in [-0.4, -0.2) is 51.5 Å². The summed E-state index contributed by atoms with van der Waals surface area (Å²) in [5, 5.41) is 2.90. The van der Waals surface area contributed by atoms with Crippen LogP contribution in [0.1, 0.15) is 28.4 Å². The van der Waals surface area contributed by atoms with Gasteiger partial charge in [-0.2, -0.15) is 4.31 Å². The van der Waals surface area contributed by atoms with E-state index in [0.29, 0.717) is 18.8 Å². The molecule has 0 bridgehead atoms. The number of nitrogens with zero attached hydrogens (tertiary/aromatic N) is 1. The van der Waals surface area contributed by atoms with Crippen LogP contribution in [0.25, 0.3) is 0 Å². The molecule has 1 amide bonds. The highest BCUT2D eigenvalue weighted by molar-refractivity contribution is 7.89. The number of carbonyl (C=O) groups is 1. The van der Waals surface area contributed by atoms with Gasteiger partial charge in [-0.1, -0.05) is 18.2 Å². The van der Waals surface area contributed by atoms with Crippen molar-refractivity contribution in [3.8, 4) is 5.75 Å². The summed E-state index contributed by atoms with van der Waals surface area (Å²) in [6.07, 6.45) is 0.586. The number of hydrogen-bond acceptors (Lipinski definition) is 5. The van der Waals surface area contributed by atoms with Gasteiger partial charge >= 0.3 is 0 Å². The van der Waals surface area contributed by atoms with E-state index in [1.165, 1.54) is 10.4 Å². The van der Waals surface area contributed by atoms with Gasteiger partial charge in [-0.25, -0.2) is 12.8 Å². The van der Waals surface area contributed by atoms with Crippen LogP contribution in [0.4, 0.5) is 4.39 Å². The average Bonchev–Trinajstić information content (AvgIpc) is 2.75. The number of nitrogens with one attached hydrogen (secondary N) is 1. The predicted molar refractivity (Wildman–Crippen MR) is 103 cm³/mol. The lowest BCUT2D eigenvalue weighted by atomic mass is 10.00. The number of ether oxygens (including phenoxy) is 2. The Morgan fingerprint density at radius 2 is 1.86 bits per heavy atom. The number of fused-ring (bicyclic) bond motifs is 1. The Bertz CT molecular complexity index is 1020. The zero-order valence-corrected chi connectivity index (χ0v) is 16.5. The van der Waals surface area contributed by atoms with Crippen LogP contribution < -0.4 is 10.1 Å². The fourth-order valence-electron chi connectivity index (χ4n) is 3.50. The predicted octanol–water partition coefficient (Wildman–Crippen LogP) is 2.10. The van der Waals surface area contributed by atoms with Gasteiger partial charge in [0.05, 0.1) is 25.9 Å². The SMILES string of the molecule is O=C(NC1CCOc2ccccc21)c1ccc(F)c(S(=O)(=O)N2CCOCC2)c1. The molecule has 7 nitrogen and oxygen atoms in total. The molecular formula is C20H21FN2O5S. The summed E-state index contributed by atoms with van der Waals surface area (Å²) in [6, 6.07) is 10.5. The fraction of sp³-hybridized carbons (Fsp3) is 0.350. The Balaban J connectivity index is 1.58. The Hall–Kier alpha value is -2.49. The number of para-hydroxylation sites is 1. The maximum Gasteiger partial charge on any atom is 0.251 e. The fourth-order valence-corrected chi connectivity index (χ4v) is 5.00. The van der Waals surface area contributed by atoms with Crippen molar-refractivity contribution in [2.24, 2.45) is 0 Å². The first-order valence-corrected chi connectivity index (χ1v) is 10.8. The van der Waals surface area contributed by atoms with E-state index in [4.69, 9.17) is 9.47 Å². The van der Waals surface area contributed by atoms with Crippen molar-refractivity contribution in [2.75, 3.05) is 32.9 Å². The third kappa shape index (κ3) is 3.98. The minimum atomic E-state index is -4.05. The van der Waals surface area contributed by atoms with Gasteiger partial charge in [-0.05, 0) is 24.3 Å². The quantitative estimate of drug-likeness (QED) is 0.819. The van der Waals surface area contributed by atoms with Crippen LogP contribution in [0, 0.1) is 5.82 Å². The molecule has 0 saturated carbocycles. The number of halogens is 1. The molecule has 2 heterocycles. The molecule has 2 aliphatic rings. The average molecular weight is 420 g/mol. The first kappa shape index (κ1) is 19.8. The second-order valence-corrected chi connectivity index (χ2v) is 8.77. The minimum Gasteiger partial charge on any atom is -0.493 e. The van der Waals surface area contributed by atoms with Crippen molar-refractivity contribution in [3.05, 3.63) is 59.4 Å². The van der Waals surface area contributed by atoms with Gasteiger partial charge in [0.2, 0.25) is 10.0 Å². The molecule has 4 rings (SSSR count). The number of hydrogen-bond donors (Lipinski definition) is 1. The van der Waals surface area contributed by atoms with Gasteiger partial charge in [-0.15, -0.1) is 0 Å². The van der Waals surface area contributed by atoms with Gasteiger partial charge < -0.3 is 14.8 Å². The molecule has 9 heteroatoms. The highest BCUT2D eigenvalue weighted by Gasteiger charge is 2.30. The smallest absolute Gasteiger partial charge is 0.251 e. The molecular weight excluding hydrogens is 399 g/mol. The van der Waals surface area contributed by atoms with Crippen molar-refractivity contribution in [1.29, 1.82) is 0 Å². The Morgan fingerprint density at radius 1 is 1.10 bits per heavy atom.